The van der Waals surface area contributed by atoms with Gasteiger partial charge in [-0.2, -0.15) is 0 Å². The number of rotatable bonds is 6. The zero-order chi connectivity index (χ0) is 14.4. The summed E-state index contributed by atoms with van der Waals surface area (Å²) in [6.07, 6.45) is 0. The van der Waals surface area contributed by atoms with Crippen LogP contribution in [0.4, 0.5) is 0 Å². The average Bonchev–Trinajstić information content (AvgIpc) is 3.00. The van der Waals surface area contributed by atoms with E-state index < -0.39 is 6.04 Å². The van der Waals surface area contributed by atoms with Crippen molar-refractivity contribution in [2.24, 2.45) is 0 Å². The molecule has 106 valence electrons. The van der Waals surface area contributed by atoms with Crippen molar-refractivity contribution in [1.82, 2.24) is 5.32 Å². The Balaban J connectivity index is 2.17. The fraction of sp³-hybridized carbons (Fsp3) is 0.312. The lowest BCUT2D eigenvalue weighted by atomic mass is 10.1. The Hall–Kier alpha value is -1.65. The summed E-state index contributed by atoms with van der Waals surface area (Å²) in [4.78, 5) is 13.4. The van der Waals surface area contributed by atoms with Crippen LogP contribution in [0.2, 0.25) is 0 Å². The van der Waals surface area contributed by atoms with Crippen molar-refractivity contribution in [2.45, 2.75) is 25.9 Å². The van der Waals surface area contributed by atoms with Crippen molar-refractivity contribution in [3.63, 3.8) is 0 Å². The molecule has 1 unspecified atom stereocenters. The van der Waals surface area contributed by atoms with Crippen LogP contribution >= 0.6 is 11.3 Å². The molecule has 0 spiro atoms. The standard InChI is InChI=1S/C16H19NO2S/c1-3-19-16(18)15(13-8-5-4-6-9-13)17-12(2)14-10-7-11-20-14/h4-12,15,17H,3H2,1-2H3/t12-,15?/m0/s1. The molecule has 1 N–H and O–H groups in total. The first-order valence-electron chi connectivity index (χ1n) is 6.73. The molecule has 1 aromatic heterocycles. The first kappa shape index (κ1) is 14.8. The fourth-order valence-electron chi connectivity index (χ4n) is 2.04. The van der Waals surface area contributed by atoms with E-state index in [0.29, 0.717) is 6.61 Å². The lowest BCUT2D eigenvalue weighted by molar-refractivity contribution is -0.146. The zero-order valence-corrected chi connectivity index (χ0v) is 12.5. The van der Waals surface area contributed by atoms with E-state index in [1.807, 2.05) is 48.7 Å². The van der Waals surface area contributed by atoms with E-state index in [0.717, 1.165) is 5.56 Å². The summed E-state index contributed by atoms with van der Waals surface area (Å²) >= 11 is 1.68. The van der Waals surface area contributed by atoms with Crippen LogP contribution in [0.3, 0.4) is 0 Å². The highest BCUT2D eigenvalue weighted by atomic mass is 32.1. The Bertz CT molecular complexity index is 525. The van der Waals surface area contributed by atoms with Gasteiger partial charge < -0.3 is 4.74 Å². The van der Waals surface area contributed by atoms with Gasteiger partial charge in [-0.05, 0) is 30.9 Å². The maximum atomic E-state index is 12.2. The maximum absolute atomic E-state index is 12.2. The molecule has 0 saturated carbocycles. The van der Waals surface area contributed by atoms with Gasteiger partial charge in [0.05, 0.1) is 6.61 Å². The van der Waals surface area contributed by atoms with Gasteiger partial charge >= 0.3 is 5.97 Å². The average molecular weight is 289 g/mol. The summed E-state index contributed by atoms with van der Waals surface area (Å²) in [5, 5.41) is 5.39. The molecule has 0 amide bonds. The van der Waals surface area contributed by atoms with E-state index in [1.54, 1.807) is 11.3 Å². The Morgan fingerprint density at radius 1 is 1.25 bits per heavy atom. The van der Waals surface area contributed by atoms with Gasteiger partial charge in [-0.15, -0.1) is 11.3 Å². The molecule has 0 radical (unpaired) electrons. The van der Waals surface area contributed by atoms with E-state index in [2.05, 4.69) is 18.3 Å². The smallest absolute Gasteiger partial charge is 0.327 e. The molecule has 0 aliphatic carbocycles. The SMILES string of the molecule is CCOC(=O)C(N[C@@H](C)c1cccs1)c1ccccc1. The molecular weight excluding hydrogens is 270 g/mol. The topological polar surface area (TPSA) is 38.3 Å². The van der Waals surface area contributed by atoms with E-state index in [-0.39, 0.29) is 12.0 Å². The second kappa shape index (κ2) is 7.22. The van der Waals surface area contributed by atoms with Crippen molar-refractivity contribution in [3.8, 4) is 0 Å². The minimum absolute atomic E-state index is 0.101. The van der Waals surface area contributed by atoms with Gasteiger partial charge in [-0.1, -0.05) is 36.4 Å². The van der Waals surface area contributed by atoms with Crippen molar-refractivity contribution in [2.75, 3.05) is 6.61 Å². The summed E-state index contributed by atoms with van der Waals surface area (Å²) in [5.41, 5.74) is 0.925. The molecular formula is C16H19NO2S. The number of hydrogen-bond donors (Lipinski definition) is 1. The summed E-state index contributed by atoms with van der Waals surface area (Å²) in [5.74, 6) is -0.234. The van der Waals surface area contributed by atoms with Gasteiger partial charge in [0.15, 0.2) is 0 Å². The third-order valence-electron chi connectivity index (χ3n) is 3.04. The lowest BCUT2D eigenvalue weighted by Crippen LogP contribution is -2.32. The summed E-state index contributed by atoms with van der Waals surface area (Å²) in [6, 6.07) is 13.4. The molecule has 0 fully saturated rings. The van der Waals surface area contributed by atoms with E-state index in [9.17, 15) is 4.79 Å². The first-order valence-corrected chi connectivity index (χ1v) is 7.61. The van der Waals surface area contributed by atoms with E-state index in [4.69, 9.17) is 4.74 Å². The number of nitrogens with one attached hydrogen (secondary N) is 1. The van der Waals surface area contributed by atoms with Crippen molar-refractivity contribution >= 4 is 17.3 Å². The third kappa shape index (κ3) is 3.68. The molecule has 0 bridgehead atoms. The number of carbonyl (C=O) groups is 1. The molecule has 4 heteroatoms. The number of thiophene rings is 1. The molecule has 0 aliphatic rings. The van der Waals surface area contributed by atoms with Crippen LogP contribution in [-0.4, -0.2) is 12.6 Å². The normalized spacial score (nSPS) is 13.7. The predicted molar refractivity (Wildman–Crippen MR) is 81.7 cm³/mol. The summed E-state index contributed by atoms with van der Waals surface area (Å²) in [6.45, 7) is 4.26. The molecule has 1 aromatic carbocycles. The minimum Gasteiger partial charge on any atom is -0.465 e. The van der Waals surface area contributed by atoms with Gasteiger partial charge in [0.1, 0.15) is 6.04 Å². The van der Waals surface area contributed by atoms with Crippen LogP contribution in [0.15, 0.2) is 47.8 Å². The van der Waals surface area contributed by atoms with Crippen molar-refractivity contribution in [3.05, 3.63) is 58.3 Å². The number of benzene rings is 1. The van der Waals surface area contributed by atoms with Crippen LogP contribution in [0.5, 0.6) is 0 Å². The second-order valence-corrected chi connectivity index (χ2v) is 5.48. The molecule has 0 aliphatic heterocycles. The number of carbonyl (C=O) groups excluding carboxylic acids is 1. The summed E-state index contributed by atoms with van der Waals surface area (Å²) < 4.78 is 5.18. The quantitative estimate of drug-likeness (QED) is 0.824. The fourth-order valence-corrected chi connectivity index (χ4v) is 2.78. The van der Waals surface area contributed by atoms with Gasteiger partial charge in [0.25, 0.3) is 0 Å². The van der Waals surface area contributed by atoms with Crippen LogP contribution < -0.4 is 5.32 Å². The van der Waals surface area contributed by atoms with Crippen LogP contribution in [0, 0.1) is 0 Å². The Kier molecular flexibility index (Phi) is 5.32. The first-order chi connectivity index (χ1) is 9.72. The molecule has 20 heavy (non-hydrogen) atoms. The Morgan fingerprint density at radius 3 is 2.60 bits per heavy atom. The van der Waals surface area contributed by atoms with E-state index in [1.165, 1.54) is 4.88 Å². The predicted octanol–water partition coefficient (Wildman–Crippen LogP) is 3.70. The monoisotopic (exact) mass is 289 g/mol. The van der Waals surface area contributed by atoms with Crippen LogP contribution in [-0.2, 0) is 9.53 Å². The highest BCUT2D eigenvalue weighted by Crippen LogP contribution is 2.23. The molecule has 0 saturated heterocycles. The number of esters is 1. The second-order valence-electron chi connectivity index (χ2n) is 4.50. The van der Waals surface area contributed by atoms with E-state index >= 15 is 0 Å². The Morgan fingerprint density at radius 2 is 2.00 bits per heavy atom. The minimum atomic E-state index is -0.437. The van der Waals surface area contributed by atoms with Crippen molar-refractivity contribution in [1.29, 1.82) is 0 Å². The van der Waals surface area contributed by atoms with Gasteiger partial charge in [0.2, 0.25) is 0 Å². The van der Waals surface area contributed by atoms with Gasteiger partial charge in [-0.3, -0.25) is 5.32 Å². The highest BCUT2D eigenvalue weighted by Gasteiger charge is 2.24. The lowest BCUT2D eigenvalue weighted by Gasteiger charge is -2.21. The highest BCUT2D eigenvalue weighted by molar-refractivity contribution is 7.10. The largest absolute Gasteiger partial charge is 0.465 e. The van der Waals surface area contributed by atoms with Crippen molar-refractivity contribution < 1.29 is 9.53 Å². The molecule has 2 rings (SSSR count). The Labute approximate surface area is 123 Å². The number of ether oxygens (including phenoxy) is 1. The number of hydrogen-bond acceptors (Lipinski definition) is 4. The molecule has 2 atom stereocenters. The van der Waals surface area contributed by atoms with Gasteiger partial charge in [-0.25, -0.2) is 4.79 Å². The van der Waals surface area contributed by atoms with Crippen LogP contribution in [0.25, 0.3) is 0 Å². The molecule has 3 nitrogen and oxygen atoms in total. The molecule has 1 heterocycles. The maximum Gasteiger partial charge on any atom is 0.327 e. The summed E-state index contributed by atoms with van der Waals surface area (Å²) in [7, 11) is 0. The van der Waals surface area contributed by atoms with Gasteiger partial charge in [0, 0.05) is 10.9 Å². The third-order valence-corrected chi connectivity index (χ3v) is 4.10. The molecule has 2 aromatic rings. The van der Waals surface area contributed by atoms with Crippen LogP contribution in [0.1, 0.15) is 36.4 Å². The zero-order valence-electron chi connectivity index (χ0n) is 11.7.